The number of para-hydroxylation sites is 1. The molecular weight excluding hydrogens is 248 g/mol. The van der Waals surface area contributed by atoms with E-state index in [1.807, 2.05) is 31.2 Å². The van der Waals surface area contributed by atoms with Gasteiger partial charge in [0.05, 0.1) is 5.69 Å². The molecule has 1 heterocycles. The highest BCUT2D eigenvalue weighted by Crippen LogP contribution is 2.44. The van der Waals surface area contributed by atoms with E-state index in [0.717, 1.165) is 10.6 Å². The third-order valence-corrected chi connectivity index (χ3v) is 4.36. The van der Waals surface area contributed by atoms with Crippen molar-refractivity contribution in [1.82, 2.24) is 5.32 Å². The van der Waals surface area contributed by atoms with Crippen LogP contribution in [0.1, 0.15) is 13.8 Å². The molecule has 5 heteroatoms. The van der Waals surface area contributed by atoms with Crippen molar-refractivity contribution in [3.63, 3.8) is 0 Å². The predicted octanol–water partition coefficient (Wildman–Crippen LogP) is 1.65. The van der Waals surface area contributed by atoms with E-state index in [2.05, 4.69) is 5.32 Å². The number of benzene rings is 1. The van der Waals surface area contributed by atoms with Crippen molar-refractivity contribution >= 4 is 29.3 Å². The van der Waals surface area contributed by atoms with Gasteiger partial charge >= 0.3 is 0 Å². The molecule has 0 saturated heterocycles. The van der Waals surface area contributed by atoms with Crippen LogP contribution in [0.25, 0.3) is 0 Å². The molecule has 1 aliphatic heterocycles. The molecule has 18 heavy (non-hydrogen) atoms. The van der Waals surface area contributed by atoms with Gasteiger partial charge in [0.2, 0.25) is 5.91 Å². The van der Waals surface area contributed by atoms with Gasteiger partial charge in [-0.1, -0.05) is 23.9 Å². The van der Waals surface area contributed by atoms with Crippen molar-refractivity contribution in [2.24, 2.45) is 0 Å². The average Bonchev–Trinajstić information content (AvgIpc) is 2.36. The molecule has 2 amide bonds. The molecule has 1 N–H and O–H groups in total. The number of thioether (sulfide) groups is 1. The molecule has 96 valence electrons. The lowest BCUT2D eigenvalue weighted by atomic mass is 10.1. The summed E-state index contributed by atoms with van der Waals surface area (Å²) in [6.45, 7) is 4.04. The number of nitrogens with one attached hydrogen (secondary N) is 1. The van der Waals surface area contributed by atoms with Gasteiger partial charge in [-0.2, -0.15) is 0 Å². The van der Waals surface area contributed by atoms with Crippen LogP contribution in [0, 0.1) is 0 Å². The Morgan fingerprint density at radius 3 is 2.78 bits per heavy atom. The first-order valence-electron chi connectivity index (χ1n) is 5.85. The lowest BCUT2D eigenvalue weighted by Crippen LogP contribution is -2.55. The zero-order chi connectivity index (χ0) is 13.3. The minimum absolute atomic E-state index is 0.183. The zero-order valence-corrected chi connectivity index (χ0v) is 11.5. The SMILES string of the molecule is CCNC(=O)C1(C)Sc2ccccc2N(C)C1=O. The van der Waals surface area contributed by atoms with Gasteiger partial charge in [0.1, 0.15) is 0 Å². The third-order valence-electron chi connectivity index (χ3n) is 3.02. The highest BCUT2D eigenvalue weighted by Gasteiger charge is 2.47. The maximum Gasteiger partial charge on any atom is 0.252 e. The summed E-state index contributed by atoms with van der Waals surface area (Å²) in [5.74, 6) is -0.418. The summed E-state index contributed by atoms with van der Waals surface area (Å²) in [6, 6.07) is 7.61. The minimum atomic E-state index is -1.08. The van der Waals surface area contributed by atoms with Gasteiger partial charge < -0.3 is 10.2 Å². The second-order valence-electron chi connectivity index (χ2n) is 4.33. The lowest BCUT2D eigenvalue weighted by molar-refractivity contribution is -0.130. The van der Waals surface area contributed by atoms with Gasteiger partial charge in [-0.15, -0.1) is 0 Å². The fraction of sp³-hybridized carbons (Fsp3) is 0.385. The number of nitrogens with zero attached hydrogens (tertiary/aromatic N) is 1. The van der Waals surface area contributed by atoms with Crippen LogP contribution in [0.4, 0.5) is 5.69 Å². The van der Waals surface area contributed by atoms with E-state index < -0.39 is 4.75 Å². The molecule has 1 aromatic rings. The zero-order valence-electron chi connectivity index (χ0n) is 10.7. The molecule has 1 atom stereocenters. The molecule has 0 saturated carbocycles. The summed E-state index contributed by atoms with van der Waals surface area (Å²) in [5.41, 5.74) is 0.856. The van der Waals surface area contributed by atoms with Crippen LogP contribution < -0.4 is 10.2 Å². The van der Waals surface area contributed by atoms with E-state index in [1.54, 1.807) is 18.9 Å². The van der Waals surface area contributed by atoms with Crippen molar-refractivity contribution in [2.75, 3.05) is 18.5 Å². The Morgan fingerprint density at radius 1 is 1.44 bits per heavy atom. The van der Waals surface area contributed by atoms with E-state index in [-0.39, 0.29) is 11.8 Å². The molecule has 0 fully saturated rings. The van der Waals surface area contributed by atoms with Crippen molar-refractivity contribution in [2.45, 2.75) is 23.5 Å². The Balaban J connectivity index is 2.43. The number of fused-ring (bicyclic) bond motifs is 1. The normalized spacial score (nSPS) is 22.6. The molecule has 0 spiro atoms. The van der Waals surface area contributed by atoms with Crippen LogP contribution >= 0.6 is 11.8 Å². The Bertz CT molecular complexity index is 504. The molecule has 0 radical (unpaired) electrons. The largest absolute Gasteiger partial charge is 0.355 e. The van der Waals surface area contributed by atoms with Crippen LogP contribution in [-0.2, 0) is 9.59 Å². The summed E-state index contributed by atoms with van der Waals surface area (Å²) in [7, 11) is 1.71. The topological polar surface area (TPSA) is 49.4 Å². The standard InChI is InChI=1S/C13H16N2O2S/c1-4-14-11(16)13(2)12(17)15(3)9-7-5-6-8-10(9)18-13/h5-8H,4H2,1-3H3,(H,14,16). The Labute approximate surface area is 111 Å². The monoisotopic (exact) mass is 264 g/mol. The van der Waals surface area contributed by atoms with Gasteiger partial charge in [-0.25, -0.2) is 0 Å². The molecule has 0 aliphatic carbocycles. The maximum atomic E-state index is 12.4. The smallest absolute Gasteiger partial charge is 0.252 e. The van der Waals surface area contributed by atoms with Crippen LogP contribution in [0.5, 0.6) is 0 Å². The van der Waals surface area contributed by atoms with Gasteiger partial charge in [0.25, 0.3) is 5.91 Å². The molecule has 1 aromatic carbocycles. The number of anilines is 1. The van der Waals surface area contributed by atoms with Crippen LogP contribution in [0.2, 0.25) is 0 Å². The molecule has 0 bridgehead atoms. The lowest BCUT2D eigenvalue weighted by Gasteiger charge is -2.36. The van der Waals surface area contributed by atoms with Gasteiger partial charge in [-0.3, -0.25) is 9.59 Å². The summed E-state index contributed by atoms with van der Waals surface area (Å²) in [4.78, 5) is 27.0. The summed E-state index contributed by atoms with van der Waals surface area (Å²) in [6.07, 6.45) is 0. The Morgan fingerprint density at radius 2 is 2.11 bits per heavy atom. The molecular formula is C13H16N2O2S. The number of carbonyl (C=O) groups excluding carboxylic acids is 2. The first-order valence-corrected chi connectivity index (χ1v) is 6.67. The van der Waals surface area contributed by atoms with Crippen LogP contribution in [-0.4, -0.2) is 30.2 Å². The van der Waals surface area contributed by atoms with E-state index >= 15 is 0 Å². The quantitative estimate of drug-likeness (QED) is 0.826. The maximum absolute atomic E-state index is 12.4. The van der Waals surface area contributed by atoms with E-state index in [9.17, 15) is 9.59 Å². The fourth-order valence-corrected chi connectivity index (χ4v) is 3.27. The predicted molar refractivity (Wildman–Crippen MR) is 72.8 cm³/mol. The third kappa shape index (κ3) is 1.88. The molecule has 1 unspecified atom stereocenters. The van der Waals surface area contributed by atoms with Crippen molar-refractivity contribution in [3.05, 3.63) is 24.3 Å². The summed E-state index contributed by atoms with van der Waals surface area (Å²) >= 11 is 1.32. The Hall–Kier alpha value is -1.49. The number of carbonyl (C=O) groups is 2. The van der Waals surface area contributed by atoms with Gasteiger partial charge in [0.15, 0.2) is 4.75 Å². The number of rotatable bonds is 2. The first-order chi connectivity index (χ1) is 8.50. The fourth-order valence-electron chi connectivity index (χ4n) is 1.99. The minimum Gasteiger partial charge on any atom is -0.355 e. The molecule has 1 aliphatic rings. The number of hydrogen-bond acceptors (Lipinski definition) is 3. The van der Waals surface area contributed by atoms with Crippen molar-refractivity contribution in [3.8, 4) is 0 Å². The molecule has 4 nitrogen and oxygen atoms in total. The molecule has 0 aromatic heterocycles. The van der Waals surface area contributed by atoms with Crippen molar-refractivity contribution < 1.29 is 9.59 Å². The van der Waals surface area contributed by atoms with E-state index in [0.29, 0.717) is 6.54 Å². The summed E-state index contributed by atoms with van der Waals surface area (Å²) < 4.78 is -1.08. The number of amides is 2. The highest BCUT2D eigenvalue weighted by molar-refractivity contribution is 8.02. The van der Waals surface area contributed by atoms with Crippen molar-refractivity contribution in [1.29, 1.82) is 0 Å². The molecule has 2 rings (SSSR count). The second kappa shape index (κ2) is 4.65. The van der Waals surface area contributed by atoms with Gasteiger partial charge in [0, 0.05) is 18.5 Å². The van der Waals surface area contributed by atoms with E-state index in [1.165, 1.54) is 11.8 Å². The van der Waals surface area contributed by atoms with E-state index in [4.69, 9.17) is 0 Å². The highest BCUT2D eigenvalue weighted by atomic mass is 32.2. The number of hydrogen-bond donors (Lipinski definition) is 1. The Kier molecular flexibility index (Phi) is 3.34. The van der Waals surface area contributed by atoms with Crippen LogP contribution in [0.3, 0.4) is 0 Å². The average molecular weight is 264 g/mol. The summed E-state index contributed by atoms with van der Waals surface area (Å²) in [5, 5.41) is 2.73. The second-order valence-corrected chi connectivity index (χ2v) is 5.79. The van der Waals surface area contributed by atoms with Gasteiger partial charge in [-0.05, 0) is 26.0 Å². The first kappa shape index (κ1) is 13.0. The van der Waals surface area contributed by atoms with Crippen LogP contribution in [0.15, 0.2) is 29.2 Å².